The van der Waals surface area contributed by atoms with Crippen LogP contribution in [0.3, 0.4) is 0 Å². The van der Waals surface area contributed by atoms with Gasteiger partial charge in [-0.3, -0.25) is 4.79 Å². The highest BCUT2D eigenvalue weighted by atomic mass is 79.9. The fraction of sp³-hybridized carbons (Fsp3) is 0.417. The predicted octanol–water partition coefficient (Wildman–Crippen LogP) is 3.15. The SMILES string of the molecule is Br.COC(=O)CCCCc1ccccc1. The molecule has 0 bridgehead atoms. The quantitative estimate of drug-likeness (QED) is 0.608. The lowest BCUT2D eigenvalue weighted by molar-refractivity contribution is -0.140. The number of benzene rings is 1. The Kier molecular flexibility index (Phi) is 8.01. The summed E-state index contributed by atoms with van der Waals surface area (Å²) in [6.45, 7) is 0. The van der Waals surface area contributed by atoms with Crippen molar-refractivity contribution in [2.24, 2.45) is 0 Å². The van der Waals surface area contributed by atoms with Gasteiger partial charge in [-0.05, 0) is 24.8 Å². The molecule has 0 aliphatic carbocycles. The number of hydrogen-bond donors (Lipinski definition) is 0. The van der Waals surface area contributed by atoms with E-state index in [1.165, 1.54) is 12.7 Å². The van der Waals surface area contributed by atoms with E-state index in [-0.39, 0.29) is 23.0 Å². The normalized spacial score (nSPS) is 9.13. The highest BCUT2D eigenvalue weighted by Crippen LogP contribution is 2.06. The van der Waals surface area contributed by atoms with Gasteiger partial charge in [0.2, 0.25) is 0 Å². The highest BCUT2D eigenvalue weighted by Gasteiger charge is 1.99. The Labute approximate surface area is 101 Å². The van der Waals surface area contributed by atoms with Gasteiger partial charge in [-0.25, -0.2) is 0 Å². The van der Waals surface area contributed by atoms with Crippen LogP contribution >= 0.6 is 17.0 Å². The zero-order valence-electron chi connectivity index (χ0n) is 8.94. The number of esters is 1. The van der Waals surface area contributed by atoms with Crippen molar-refractivity contribution in [3.05, 3.63) is 35.9 Å². The lowest BCUT2D eigenvalue weighted by Crippen LogP contribution is -1.99. The molecule has 15 heavy (non-hydrogen) atoms. The Hall–Kier alpha value is -0.830. The molecule has 0 aliphatic heterocycles. The molecule has 0 fully saturated rings. The van der Waals surface area contributed by atoms with Gasteiger partial charge in [0.25, 0.3) is 0 Å². The van der Waals surface area contributed by atoms with E-state index in [0.717, 1.165) is 19.3 Å². The van der Waals surface area contributed by atoms with Crippen molar-refractivity contribution in [1.29, 1.82) is 0 Å². The Morgan fingerprint density at radius 2 is 1.87 bits per heavy atom. The molecule has 1 aromatic carbocycles. The summed E-state index contributed by atoms with van der Waals surface area (Å²) in [5.41, 5.74) is 1.33. The molecule has 2 nitrogen and oxygen atoms in total. The molecule has 0 spiro atoms. The van der Waals surface area contributed by atoms with Gasteiger partial charge in [-0.2, -0.15) is 0 Å². The first-order chi connectivity index (χ1) is 6.83. The highest BCUT2D eigenvalue weighted by molar-refractivity contribution is 8.93. The molecular weight excluding hydrogens is 256 g/mol. The maximum atomic E-state index is 10.8. The lowest BCUT2D eigenvalue weighted by Gasteiger charge is -2.00. The lowest BCUT2D eigenvalue weighted by atomic mass is 10.1. The summed E-state index contributed by atoms with van der Waals surface area (Å²) in [6, 6.07) is 10.3. The molecule has 0 unspecified atom stereocenters. The minimum atomic E-state index is -0.113. The first-order valence-electron chi connectivity index (χ1n) is 4.93. The number of methoxy groups -OCH3 is 1. The summed E-state index contributed by atoms with van der Waals surface area (Å²) >= 11 is 0. The molecule has 0 saturated heterocycles. The molecule has 0 radical (unpaired) electrons. The molecule has 0 amide bonds. The molecule has 1 rings (SSSR count). The Bertz CT molecular complexity index is 272. The molecule has 1 aromatic rings. The van der Waals surface area contributed by atoms with Gasteiger partial charge in [0.05, 0.1) is 7.11 Å². The topological polar surface area (TPSA) is 26.3 Å². The third kappa shape index (κ3) is 6.28. The van der Waals surface area contributed by atoms with E-state index in [4.69, 9.17) is 0 Å². The Morgan fingerprint density at radius 3 is 2.47 bits per heavy atom. The largest absolute Gasteiger partial charge is 0.469 e. The van der Waals surface area contributed by atoms with Crippen molar-refractivity contribution in [3.63, 3.8) is 0 Å². The first-order valence-corrected chi connectivity index (χ1v) is 4.93. The molecule has 0 aromatic heterocycles. The maximum absolute atomic E-state index is 10.8. The van der Waals surface area contributed by atoms with Gasteiger partial charge in [-0.1, -0.05) is 30.3 Å². The van der Waals surface area contributed by atoms with E-state index in [1.807, 2.05) is 18.2 Å². The molecule has 0 atom stereocenters. The minimum absolute atomic E-state index is 0. The van der Waals surface area contributed by atoms with E-state index in [1.54, 1.807) is 0 Å². The second-order valence-electron chi connectivity index (χ2n) is 3.27. The van der Waals surface area contributed by atoms with Crippen LogP contribution in [0.15, 0.2) is 30.3 Å². The maximum Gasteiger partial charge on any atom is 0.305 e. The number of aryl methyl sites for hydroxylation is 1. The van der Waals surface area contributed by atoms with Gasteiger partial charge < -0.3 is 4.74 Å². The third-order valence-corrected chi connectivity index (χ3v) is 2.17. The van der Waals surface area contributed by atoms with Crippen LogP contribution in [-0.4, -0.2) is 13.1 Å². The monoisotopic (exact) mass is 272 g/mol. The smallest absolute Gasteiger partial charge is 0.305 e. The van der Waals surface area contributed by atoms with Gasteiger partial charge in [-0.15, -0.1) is 17.0 Å². The molecular formula is C12H17BrO2. The molecule has 0 N–H and O–H groups in total. The van der Waals surface area contributed by atoms with Crippen LogP contribution in [0.25, 0.3) is 0 Å². The summed E-state index contributed by atoms with van der Waals surface area (Å²) in [6.07, 6.45) is 3.52. The summed E-state index contributed by atoms with van der Waals surface area (Å²) < 4.78 is 4.56. The van der Waals surface area contributed by atoms with Gasteiger partial charge in [0.1, 0.15) is 0 Å². The standard InChI is InChI=1S/C12H16O2.BrH/c1-14-12(13)10-6-5-9-11-7-3-2-4-8-11;/h2-4,7-8H,5-6,9-10H2,1H3;1H. The van der Waals surface area contributed by atoms with Gasteiger partial charge in [0.15, 0.2) is 0 Å². The van der Waals surface area contributed by atoms with E-state index < -0.39 is 0 Å². The first kappa shape index (κ1) is 14.2. The molecule has 0 heterocycles. The van der Waals surface area contributed by atoms with Crippen LogP contribution in [0.2, 0.25) is 0 Å². The number of carbonyl (C=O) groups is 1. The average Bonchev–Trinajstić information content (AvgIpc) is 2.25. The second-order valence-corrected chi connectivity index (χ2v) is 3.27. The molecule has 0 saturated carbocycles. The number of hydrogen-bond acceptors (Lipinski definition) is 2. The number of ether oxygens (including phenoxy) is 1. The summed E-state index contributed by atoms with van der Waals surface area (Å²) in [5.74, 6) is -0.113. The van der Waals surface area contributed by atoms with Crippen LogP contribution < -0.4 is 0 Å². The molecule has 0 aliphatic rings. The zero-order chi connectivity index (χ0) is 10.2. The number of unbranched alkanes of at least 4 members (excludes halogenated alkanes) is 1. The second kappa shape index (κ2) is 8.48. The predicted molar refractivity (Wildman–Crippen MR) is 66.3 cm³/mol. The van der Waals surface area contributed by atoms with Crippen LogP contribution in [0.5, 0.6) is 0 Å². The van der Waals surface area contributed by atoms with Crippen LogP contribution in [0.1, 0.15) is 24.8 Å². The minimum Gasteiger partial charge on any atom is -0.469 e. The number of rotatable bonds is 5. The average molecular weight is 273 g/mol. The van der Waals surface area contributed by atoms with E-state index in [2.05, 4.69) is 16.9 Å². The van der Waals surface area contributed by atoms with Crippen molar-refractivity contribution < 1.29 is 9.53 Å². The number of halogens is 1. The van der Waals surface area contributed by atoms with Gasteiger partial charge >= 0.3 is 5.97 Å². The Balaban J connectivity index is 0.00000196. The van der Waals surface area contributed by atoms with Crippen molar-refractivity contribution in [3.8, 4) is 0 Å². The van der Waals surface area contributed by atoms with Crippen molar-refractivity contribution in [1.82, 2.24) is 0 Å². The van der Waals surface area contributed by atoms with E-state index in [0.29, 0.717) is 6.42 Å². The van der Waals surface area contributed by atoms with E-state index in [9.17, 15) is 4.79 Å². The van der Waals surface area contributed by atoms with Crippen LogP contribution in [-0.2, 0) is 16.0 Å². The van der Waals surface area contributed by atoms with Crippen molar-refractivity contribution >= 4 is 23.0 Å². The molecule has 3 heteroatoms. The van der Waals surface area contributed by atoms with Crippen molar-refractivity contribution in [2.45, 2.75) is 25.7 Å². The number of carbonyl (C=O) groups excluding carboxylic acids is 1. The van der Waals surface area contributed by atoms with Gasteiger partial charge in [0, 0.05) is 6.42 Å². The summed E-state index contributed by atoms with van der Waals surface area (Å²) in [7, 11) is 1.43. The third-order valence-electron chi connectivity index (χ3n) is 2.17. The van der Waals surface area contributed by atoms with Crippen molar-refractivity contribution in [2.75, 3.05) is 7.11 Å². The van der Waals surface area contributed by atoms with Crippen LogP contribution in [0.4, 0.5) is 0 Å². The Morgan fingerprint density at radius 1 is 1.20 bits per heavy atom. The fourth-order valence-electron chi connectivity index (χ4n) is 1.35. The summed E-state index contributed by atoms with van der Waals surface area (Å²) in [4.78, 5) is 10.8. The van der Waals surface area contributed by atoms with E-state index >= 15 is 0 Å². The van der Waals surface area contributed by atoms with Crippen LogP contribution in [0, 0.1) is 0 Å². The summed E-state index contributed by atoms with van der Waals surface area (Å²) in [5, 5.41) is 0. The fourth-order valence-corrected chi connectivity index (χ4v) is 1.35. The molecule has 84 valence electrons. The zero-order valence-corrected chi connectivity index (χ0v) is 10.7.